The van der Waals surface area contributed by atoms with Crippen LogP contribution in [0, 0.1) is 0 Å². The smallest absolute Gasteiger partial charge is 0.243 e. The Morgan fingerprint density at radius 3 is 2.38 bits per heavy atom. The minimum absolute atomic E-state index is 0.0711. The molecule has 34 heavy (non-hydrogen) atoms. The van der Waals surface area contributed by atoms with Crippen molar-refractivity contribution in [2.45, 2.75) is 18.0 Å². The van der Waals surface area contributed by atoms with Gasteiger partial charge >= 0.3 is 0 Å². The predicted molar refractivity (Wildman–Crippen MR) is 127 cm³/mol. The van der Waals surface area contributed by atoms with E-state index in [2.05, 4.69) is 15.5 Å². The molecule has 0 saturated heterocycles. The number of aromatic nitrogens is 4. The third-order valence-corrected chi connectivity index (χ3v) is 7.36. The van der Waals surface area contributed by atoms with E-state index in [0.717, 1.165) is 5.56 Å². The van der Waals surface area contributed by atoms with Crippen LogP contribution in [0.15, 0.2) is 78.0 Å². The largest absolute Gasteiger partial charge is 0.497 e. The summed E-state index contributed by atoms with van der Waals surface area (Å²) in [4.78, 5) is 0.0711. The highest BCUT2D eigenvalue weighted by atomic mass is 35.5. The number of rotatable bonds is 9. The summed E-state index contributed by atoms with van der Waals surface area (Å²) in [5.74, 6) is 1.00. The number of benzene rings is 3. The quantitative estimate of drug-likeness (QED) is 0.346. The van der Waals surface area contributed by atoms with E-state index in [1.54, 1.807) is 43.5 Å². The number of nitrogens with zero attached hydrogens (tertiary/aromatic N) is 5. The van der Waals surface area contributed by atoms with Gasteiger partial charge in [-0.15, -0.1) is 5.10 Å². The van der Waals surface area contributed by atoms with Crippen LogP contribution in [0.3, 0.4) is 0 Å². The topological polar surface area (TPSA) is 99.4 Å². The van der Waals surface area contributed by atoms with Crippen molar-refractivity contribution in [3.8, 4) is 17.2 Å². The predicted octanol–water partition coefficient (Wildman–Crippen LogP) is 3.72. The first-order valence-electron chi connectivity index (χ1n) is 10.2. The molecule has 0 saturated carbocycles. The van der Waals surface area contributed by atoms with Gasteiger partial charge in [-0.05, 0) is 51.9 Å². The number of hydrogen-bond donors (Lipinski definition) is 0. The highest BCUT2D eigenvalue weighted by molar-refractivity contribution is 7.89. The van der Waals surface area contributed by atoms with Crippen LogP contribution in [0.25, 0.3) is 5.69 Å². The summed E-state index contributed by atoms with van der Waals surface area (Å²) >= 11 is 6.35. The lowest BCUT2D eigenvalue weighted by Crippen LogP contribution is -2.30. The molecule has 1 aromatic heterocycles. The van der Waals surface area contributed by atoms with Gasteiger partial charge in [0, 0.05) is 24.2 Å². The molecular formula is C23H22ClN5O4S. The van der Waals surface area contributed by atoms with Crippen molar-refractivity contribution in [1.82, 2.24) is 24.5 Å². The molecule has 176 valence electrons. The molecule has 0 amide bonds. The van der Waals surface area contributed by atoms with Crippen LogP contribution in [-0.4, -0.2) is 47.1 Å². The maximum absolute atomic E-state index is 13.8. The summed E-state index contributed by atoms with van der Waals surface area (Å²) in [7, 11) is -0.910. The average Bonchev–Trinajstić information content (AvgIpc) is 3.39. The first kappa shape index (κ1) is 23.7. The van der Waals surface area contributed by atoms with Crippen LogP contribution in [0.1, 0.15) is 11.1 Å². The van der Waals surface area contributed by atoms with Crippen LogP contribution >= 0.6 is 11.6 Å². The fourth-order valence-corrected chi connectivity index (χ4v) is 5.02. The average molecular weight is 500 g/mol. The van der Waals surface area contributed by atoms with Crippen molar-refractivity contribution in [3.05, 3.63) is 89.2 Å². The Kier molecular flexibility index (Phi) is 7.11. The van der Waals surface area contributed by atoms with Gasteiger partial charge in [0.1, 0.15) is 23.5 Å². The molecule has 0 spiro atoms. The van der Waals surface area contributed by atoms with E-state index in [1.165, 1.54) is 34.6 Å². The summed E-state index contributed by atoms with van der Waals surface area (Å²) in [6, 6.07) is 19.0. The second kappa shape index (κ2) is 10.2. The molecule has 0 radical (unpaired) electrons. The molecule has 1 heterocycles. The number of sulfonamides is 1. The number of tetrazole rings is 1. The van der Waals surface area contributed by atoms with E-state index in [-0.39, 0.29) is 18.0 Å². The molecule has 4 rings (SSSR count). The minimum atomic E-state index is -3.95. The lowest BCUT2D eigenvalue weighted by molar-refractivity contribution is 0.396. The number of halogens is 1. The molecule has 0 N–H and O–H groups in total. The Morgan fingerprint density at radius 1 is 0.971 bits per heavy atom. The first-order valence-corrected chi connectivity index (χ1v) is 12.0. The number of ether oxygens (including phenoxy) is 2. The van der Waals surface area contributed by atoms with Gasteiger partial charge in [-0.2, -0.15) is 8.99 Å². The highest BCUT2D eigenvalue weighted by Crippen LogP contribution is 2.30. The van der Waals surface area contributed by atoms with Gasteiger partial charge in [-0.25, -0.2) is 8.42 Å². The monoisotopic (exact) mass is 499 g/mol. The second-order valence-electron chi connectivity index (χ2n) is 7.30. The van der Waals surface area contributed by atoms with E-state index < -0.39 is 10.0 Å². The molecule has 0 aliphatic heterocycles. The minimum Gasteiger partial charge on any atom is -0.497 e. The highest BCUT2D eigenvalue weighted by Gasteiger charge is 2.27. The standard InChI is InChI=1S/C23H22ClN5O4S/c1-32-19-9-7-17(8-10-19)14-28(15-18-5-3-4-6-21(18)24)34(30,31)20-11-12-22(23(13-20)33-2)29-16-25-26-27-29/h3-13,16H,14-15H2,1-2H3. The van der Waals surface area contributed by atoms with E-state index in [1.807, 2.05) is 18.2 Å². The zero-order valence-corrected chi connectivity index (χ0v) is 20.1. The molecule has 0 unspecified atom stereocenters. The van der Waals surface area contributed by atoms with Crippen molar-refractivity contribution in [1.29, 1.82) is 0 Å². The van der Waals surface area contributed by atoms with Crippen molar-refractivity contribution in [2.24, 2.45) is 0 Å². The molecule has 0 aliphatic carbocycles. The molecule has 3 aromatic carbocycles. The normalized spacial score (nSPS) is 11.5. The Hall–Kier alpha value is -3.47. The molecule has 0 aliphatic rings. The van der Waals surface area contributed by atoms with E-state index in [0.29, 0.717) is 27.8 Å². The summed E-state index contributed by atoms with van der Waals surface area (Å²) in [5.41, 5.74) is 2.01. The zero-order chi connectivity index (χ0) is 24.1. The Balaban J connectivity index is 1.73. The Morgan fingerprint density at radius 2 is 1.74 bits per heavy atom. The van der Waals surface area contributed by atoms with E-state index in [4.69, 9.17) is 21.1 Å². The SMILES string of the molecule is COc1ccc(CN(Cc2ccccc2Cl)S(=O)(=O)c2ccc(-n3cnnn3)c(OC)c2)cc1. The second-order valence-corrected chi connectivity index (χ2v) is 9.65. The van der Waals surface area contributed by atoms with Crippen LogP contribution < -0.4 is 9.47 Å². The van der Waals surface area contributed by atoms with E-state index >= 15 is 0 Å². The van der Waals surface area contributed by atoms with Crippen LogP contribution in [0.2, 0.25) is 5.02 Å². The van der Waals surface area contributed by atoms with Gasteiger partial charge in [0.2, 0.25) is 10.0 Å². The van der Waals surface area contributed by atoms with Crippen LogP contribution in [0.4, 0.5) is 0 Å². The van der Waals surface area contributed by atoms with Gasteiger partial charge in [0.15, 0.2) is 0 Å². The number of hydrogen-bond acceptors (Lipinski definition) is 7. The Bertz CT molecular complexity index is 1360. The van der Waals surface area contributed by atoms with Gasteiger partial charge in [0.25, 0.3) is 0 Å². The molecule has 0 fully saturated rings. The summed E-state index contributed by atoms with van der Waals surface area (Å²) < 4.78 is 41.0. The molecule has 0 atom stereocenters. The van der Waals surface area contributed by atoms with E-state index in [9.17, 15) is 8.42 Å². The van der Waals surface area contributed by atoms with Gasteiger partial charge in [-0.1, -0.05) is 41.9 Å². The van der Waals surface area contributed by atoms with Crippen molar-refractivity contribution >= 4 is 21.6 Å². The van der Waals surface area contributed by atoms with Gasteiger partial charge < -0.3 is 9.47 Å². The van der Waals surface area contributed by atoms with Gasteiger partial charge in [0.05, 0.1) is 19.1 Å². The maximum Gasteiger partial charge on any atom is 0.243 e. The van der Waals surface area contributed by atoms with Crippen molar-refractivity contribution < 1.29 is 17.9 Å². The molecular weight excluding hydrogens is 478 g/mol. The van der Waals surface area contributed by atoms with Crippen molar-refractivity contribution in [3.63, 3.8) is 0 Å². The van der Waals surface area contributed by atoms with Crippen molar-refractivity contribution in [2.75, 3.05) is 14.2 Å². The molecule has 11 heteroatoms. The third-order valence-electron chi connectivity index (χ3n) is 5.21. The maximum atomic E-state index is 13.8. The summed E-state index contributed by atoms with van der Waals surface area (Å²) in [6.07, 6.45) is 1.40. The molecule has 9 nitrogen and oxygen atoms in total. The number of methoxy groups -OCH3 is 2. The third kappa shape index (κ3) is 5.04. The first-order chi connectivity index (χ1) is 16.4. The lowest BCUT2D eigenvalue weighted by Gasteiger charge is -2.23. The summed E-state index contributed by atoms with van der Waals surface area (Å²) in [6.45, 7) is 0.222. The fourth-order valence-electron chi connectivity index (χ4n) is 3.41. The molecule has 4 aromatic rings. The molecule has 0 bridgehead atoms. The van der Waals surface area contributed by atoms with Gasteiger partial charge in [-0.3, -0.25) is 0 Å². The van der Waals surface area contributed by atoms with Crippen LogP contribution in [-0.2, 0) is 23.1 Å². The lowest BCUT2D eigenvalue weighted by atomic mass is 10.2. The zero-order valence-electron chi connectivity index (χ0n) is 18.5. The fraction of sp³-hybridized carbons (Fsp3) is 0.174. The Labute approximate surface area is 202 Å². The summed E-state index contributed by atoms with van der Waals surface area (Å²) in [5, 5.41) is 11.6. The van der Waals surface area contributed by atoms with Crippen LogP contribution in [0.5, 0.6) is 11.5 Å².